The van der Waals surface area contributed by atoms with E-state index < -0.39 is 0 Å². The summed E-state index contributed by atoms with van der Waals surface area (Å²) < 4.78 is 4.68. The Bertz CT molecular complexity index is 433. The van der Waals surface area contributed by atoms with Crippen LogP contribution in [0.3, 0.4) is 0 Å². The number of ether oxygens (including phenoxy) is 1. The summed E-state index contributed by atoms with van der Waals surface area (Å²) in [6, 6.07) is 0. The van der Waals surface area contributed by atoms with Crippen molar-refractivity contribution < 1.29 is 9.53 Å². The molecular formula is C36H72O2. The molecule has 0 aliphatic heterocycles. The van der Waals surface area contributed by atoms with Gasteiger partial charge in [-0.25, -0.2) is 0 Å². The quantitative estimate of drug-likeness (QED) is 0.0615. The van der Waals surface area contributed by atoms with Gasteiger partial charge in [-0.2, -0.15) is 0 Å². The van der Waals surface area contributed by atoms with Crippen LogP contribution in [0.25, 0.3) is 0 Å². The fourth-order valence-electron chi connectivity index (χ4n) is 5.75. The first-order valence-corrected chi connectivity index (χ1v) is 17.9. The number of hydrogen-bond acceptors (Lipinski definition) is 2. The largest absolute Gasteiger partial charge is 0.469 e. The highest BCUT2D eigenvalue weighted by Crippen LogP contribution is 2.17. The van der Waals surface area contributed by atoms with Crippen molar-refractivity contribution in [2.75, 3.05) is 7.11 Å². The van der Waals surface area contributed by atoms with E-state index in [1.54, 1.807) is 0 Å². The molecule has 0 aliphatic rings. The molecule has 0 aromatic rings. The van der Waals surface area contributed by atoms with Gasteiger partial charge in [-0.15, -0.1) is 0 Å². The summed E-state index contributed by atoms with van der Waals surface area (Å²) in [5.41, 5.74) is 0. The van der Waals surface area contributed by atoms with Gasteiger partial charge >= 0.3 is 5.97 Å². The van der Waals surface area contributed by atoms with E-state index in [1.165, 1.54) is 206 Å². The highest BCUT2D eigenvalue weighted by molar-refractivity contribution is 5.68. The van der Waals surface area contributed by atoms with Crippen LogP contribution in [0.4, 0.5) is 0 Å². The van der Waals surface area contributed by atoms with Gasteiger partial charge in [0.2, 0.25) is 0 Å². The molecule has 2 nitrogen and oxygen atoms in total. The van der Waals surface area contributed by atoms with Crippen molar-refractivity contribution in [3.05, 3.63) is 0 Å². The summed E-state index contributed by atoms with van der Waals surface area (Å²) in [6.07, 6.45) is 46.2. The number of carbonyl (C=O) groups is 1. The third-order valence-corrected chi connectivity index (χ3v) is 8.46. The molecule has 0 aromatic carbocycles. The van der Waals surface area contributed by atoms with Gasteiger partial charge in [0.1, 0.15) is 0 Å². The van der Waals surface area contributed by atoms with Crippen molar-refractivity contribution in [3.63, 3.8) is 0 Å². The monoisotopic (exact) mass is 537 g/mol. The van der Waals surface area contributed by atoms with Gasteiger partial charge in [0.25, 0.3) is 0 Å². The van der Waals surface area contributed by atoms with E-state index in [0.29, 0.717) is 6.42 Å². The summed E-state index contributed by atoms with van der Waals surface area (Å²) in [6.45, 7) is 2.30. The van der Waals surface area contributed by atoms with Gasteiger partial charge in [-0.1, -0.05) is 206 Å². The third kappa shape index (κ3) is 33.5. The number of unbranched alkanes of at least 4 members (excludes halogenated alkanes) is 31. The van der Waals surface area contributed by atoms with Crippen molar-refractivity contribution in [2.24, 2.45) is 0 Å². The van der Waals surface area contributed by atoms with E-state index in [4.69, 9.17) is 0 Å². The van der Waals surface area contributed by atoms with Crippen LogP contribution in [0.15, 0.2) is 0 Å². The Morgan fingerprint density at radius 2 is 0.526 bits per heavy atom. The maximum absolute atomic E-state index is 11.1. The molecule has 0 heterocycles. The minimum Gasteiger partial charge on any atom is -0.469 e. The van der Waals surface area contributed by atoms with Gasteiger partial charge in [0.05, 0.1) is 7.11 Å². The maximum atomic E-state index is 11.1. The molecule has 0 atom stereocenters. The molecule has 0 bridgehead atoms. The summed E-state index contributed by atoms with van der Waals surface area (Å²) in [5, 5.41) is 0. The molecule has 0 rings (SSSR count). The van der Waals surface area contributed by atoms with Crippen LogP contribution in [-0.2, 0) is 9.53 Å². The third-order valence-electron chi connectivity index (χ3n) is 8.46. The van der Waals surface area contributed by atoms with Gasteiger partial charge in [-0.3, -0.25) is 4.79 Å². The lowest BCUT2D eigenvalue weighted by Crippen LogP contribution is -1.99. The summed E-state index contributed by atoms with van der Waals surface area (Å²) in [4.78, 5) is 11.1. The summed E-state index contributed by atoms with van der Waals surface area (Å²) in [7, 11) is 1.48. The average Bonchev–Trinajstić information content (AvgIpc) is 2.93. The van der Waals surface area contributed by atoms with Crippen LogP contribution in [0.2, 0.25) is 0 Å². The topological polar surface area (TPSA) is 26.3 Å². The number of methoxy groups -OCH3 is 1. The van der Waals surface area contributed by atoms with Crippen LogP contribution < -0.4 is 0 Å². The van der Waals surface area contributed by atoms with E-state index in [2.05, 4.69) is 11.7 Å². The van der Waals surface area contributed by atoms with Crippen LogP contribution in [0.1, 0.15) is 219 Å². The van der Waals surface area contributed by atoms with Crippen molar-refractivity contribution >= 4 is 5.97 Å². The van der Waals surface area contributed by atoms with Crippen molar-refractivity contribution in [1.29, 1.82) is 0 Å². The van der Waals surface area contributed by atoms with E-state index in [9.17, 15) is 4.79 Å². The van der Waals surface area contributed by atoms with Crippen LogP contribution in [0.5, 0.6) is 0 Å². The fourth-order valence-corrected chi connectivity index (χ4v) is 5.75. The average molecular weight is 537 g/mol. The SMILES string of the molecule is CCCCCCCCCCCCCCCCCCCCCCCCCCCCCCCCCCC(=O)OC. The van der Waals surface area contributed by atoms with E-state index in [1.807, 2.05) is 0 Å². The van der Waals surface area contributed by atoms with Crippen molar-refractivity contribution in [3.8, 4) is 0 Å². The Kier molecular flexibility index (Phi) is 34.0. The lowest BCUT2D eigenvalue weighted by atomic mass is 10.0. The molecule has 0 spiro atoms. The molecule has 2 heteroatoms. The first-order valence-electron chi connectivity index (χ1n) is 17.9. The molecule has 0 fully saturated rings. The van der Waals surface area contributed by atoms with Gasteiger partial charge in [0.15, 0.2) is 0 Å². The molecule has 0 amide bonds. The molecule has 0 saturated carbocycles. The molecule has 0 aliphatic carbocycles. The second-order valence-corrected chi connectivity index (χ2v) is 12.3. The Hall–Kier alpha value is -0.530. The fraction of sp³-hybridized carbons (Fsp3) is 0.972. The first kappa shape index (κ1) is 37.5. The number of esters is 1. The van der Waals surface area contributed by atoms with E-state index >= 15 is 0 Å². The van der Waals surface area contributed by atoms with Crippen molar-refractivity contribution in [1.82, 2.24) is 0 Å². The zero-order chi connectivity index (χ0) is 27.6. The van der Waals surface area contributed by atoms with Gasteiger partial charge in [-0.05, 0) is 6.42 Å². The van der Waals surface area contributed by atoms with Gasteiger partial charge < -0.3 is 4.74 Å². The normalized spacial score (nSPS) is 11.3. The minimum absolute atomic E-state index is 0.0597. The first-order chi connectivity index (χ1) is 18.8. The molecule has 0 radical (unpaired) electrons. The molecule has 228 valence electrons. The van der Waals surface area contributed by atoms with Crippen LogP contribution >= 0.6 is 0 Å². The van der Waals surface area contributed by atoms with Crippen LogP contribution in [0, 0.1) is 0 Å². The Morgan fingerprint density at radius 3 is 0.711 bits per heavy atom. The summed E-state index contributed by atoms with van der Waals surface area (Å²) >= 11 is 0. The number of hydrogen-bond donors (Lipinski definition) is 0. The second kappa shape index (κ2) is 34.5. The second-order valence-electron chi connectivity index (χ2n) is 12.3. The zero-order valence-corrected chi connectivity index (χ0v) is 26.7. The summed E-state index contributed by atoms with van der Waals surface area (Å²) in [5.74, 6) is -0.0597. The Labute approximate surface area is 241 Å². The smallest absolute Gasteiger partial charge is 0.305 e. The molecule has 0 N–H and O–H groups in total. The number of rotatable bonds is 33. The minimum atomic E-state index is -0.0597. The van der Waals surface area contributed by atoms with Gasteiger partial charge in [0, 0.05) is 6.42 Å². The predicted molar refractivity (Wildman–Crippen MR) is 170 cm³/mol. The molecule has 0 unspecified atom stereocenters. The lowest BCUT2D eigenvalue weighted by Gasteiger charge is -2.05. The van der Waals surface area contributed by atoms with E-state index in [-0.39, 0.29) is 5.97 Å². The number of carbonyl (C=O) groups excluding carboxylic acids is 1. The Morgan fingerprint density at radius 1 is 0.342 bits per heavy atom. The highest BCUT2D eigenvalue weighted by Gasteiger charge is 1.99. The highest BCUT2D eigenvalue weighted by atomic mass is 16.5. The zero-order valence-electron chi connectivity index (χ0n) is 26.7. The molecular weight excluding hydrogens is 464 g/mol. The van der Waals surface area contributed by atoms with Crippen LogP contribution in [-0.4, -0.2) is 13.1 Å². The predicted octanol–water partition coefficient (Wildman–Crippen LogP) is 13.1. The molecule has 0 aromatic heterocycles. The lowest BCUT2D eigenvalue weighted by molar-refractivity contribution is -0.140. The molecule has 38 heavy (non-hydrogen) atoms. The maximum Gasteiger partial charge on any atom is 0.305 e. The standard InChI is InChI=1S/C36H72O2/c1-3-4-5-6-7-8-9-10-11-12-13-14-15-16-17-18-19-20-21-22-23-24-25-26-27-28-29-30-31-32-33-34-35-36(37)38-2/h3-35H2,1-2H3. The Balaban J connectivity index is 3.03. The van der Waals surface area contributed by atoms with Crippen molar-refractivity contribution in [2.45, 2.75) is 219 Å². The molecule has 0 saturated heterocycles. The van der Waals surface area contributed by atoms with E-state index in [0.717, 1.165) is 6.42 Å².